The molecule has 0 spiro atoms. The molecule has 0 aliphatic rings. The van der Waals surface area contributed by atoms with Crippen molar-refractivity contribution in [1.29, 1.82) is 0 Å². The summed E-state index contributed by atoms with van der Waals surface area (Å²) in [4.78, 5) is 9.81. The molecule has 0 radical (unpaired) electrons. The summed E-state index contributed by atoms with van der Waals surface area (Å²) >= 11 is 0.590. The van der Waals surface area contributed by atoms with Crippen LogP contribution in [0, 0.1) is 10.1 Å². The fraction of sp³-hybridized carbons (Fsp3) is 0. The second-order valence-electron chi connectivity index (χ2n) is 2.94. The summed E-state index contributed by atoms with van der Waals surface area (Å²) in [5, 5.41) is 16.2. The van der Waals surface area contributed by atoms with E-state index in [-0.39, 0.29) is 14.9 Å². The molecule has 0 unspecified atom stereocenters. The zero-order chi connectivity index (χ0) is 12.5. The maximum absolute atomic E-state index is 11.8. The Kier molecular flexibility index (Phi) is 2.81. The van der Waals surface area contributed by atoms with E-state index in [9.17, 15) is 18.5 Å². The standard InChI is InChI=1S/C7H6N4O4S2/c12-11(13)6-1-2-7(16-6)17(14,15)10-5-3-8-9-4-5/h1-4,10H,(H,8,9). The Morgan fingerprint density at radius 1 is 1.47 bits per heavy atom. The van der Waals surface area contributed by atoms with Gasteiger partial charge >= 0.3 is 5.00 Å². The summed E-state index contributed by atoms with van der Waals surface area (Å²) in [7, 11) is -3.79. The van der Waals surface area contributed by atoms with Gasteiger partial charge in [0.2, 0.25) is 0 Å². The van der Waals surface area contributed by atoms with E-state index >= 15 is 0 Å². The molecule has 2 aromatic rings. The van der Waals surface area contributed by atoms with Gasteiger partial charge in [-0.3, -0.25) is 19.9 Å². The van der Waals surface area contributed by atoms with Crippen molar-refractivity contribution >= 4 is 32.0 Å². The lowest BCUT2D eigenvalue weighted by molar-refractivity contribution is -0.380. The first-order valence-corrected chi connectivity index (χ1v) is 6.55. The number of rotatable bonds is 4. The van der Waals surface area contributed by atoms with Gasteiger partial charge in [-0.05, 0) is 17.4 Å². The van der Waals surface area contributed by atoms with Crippen LogP contribution in [-0.2, 0) is 10.0 Å². The van der Waals surface area contributed by atoms with Crippen molar-refractivity contribution in [2.24, 2.45) is 0 Å². The molecule has 0 saturated heterocycles. The van der Waals surface area contributed by atoms with Crippen molar-refractivity contribution < 1.29 is 13.3 Å². The maximum atomic E-state index is 11.8. The topological polar surface area (TPSA) is 118 Å². The first-order chi connectivity index (χ1) is 7.99. The number of thiophene rings is 1. The van der Waals surface area contributed by atoms with E-state index < -0.39 is 14.9 Å². The molecule has 2 heterocycles. The smallest absolute Gasteiger partial charge is 0.284 e. The van der Waals surface area contributed by atoms with E-state index in [2.05, 4.69) is 14.9 Å². The van der Waals surface area contributed by atoms with Crippen molar-refractivity contribution in [3.63, 3.8) is 0 Å². The molecule has 0 bridgehead atoms. The zero-order valence-electron chi connectivity index (χ0n) is 8.15. The molecule has 0 aliphatic carbocycles. The fourth-order valence-electron chi connectivity index (χ4n) is 1.07. The number of sulfonamides is 1. The number of hydrogen-bond donors (Lipinski definition) is 2. The molecule has 0 aromatic carbocycles. The summed E-state index contributed by atoms with van der Waals surface area (Å²) in [6.07, 6.45) is 2.65. The second kappa shape index (κ2) is 4.14. The van der Waals surface area contributed by atoms with Gasteiger partial charge in [0, 0.05) is 12.3 Å². The van der Waals surface area contributed by atoms with Crippen molar-refractivity contribution in [2.45, 2.75) is 4.21 Å². The highest BCUT2D eigenvalue weighted by Crippen LogP contribution is 2.28. The van der Waals surface area contributed by atoms with Gasteiger partial charge in [0.25, 0.3) is 10.0 Å². The molecule has 8 nitrogen and oxygen atoms in total. The number of H-pyrrole nitrogens is 1. The fourth-order valence-corrected chi connectivity index (χ4v) is 3.21. The Hall–Kier alpha value is -1.94. The summed E-state index contributed by atoms with van der Waals surface area (Å²) < 4.78 is 25.7. The number of nitrogens with one attached hydrogen (secondary N) is 2. The minimum Gasteiger partial charge on any atom is -0.284 e. The largest absolute Gasteiger partial charge is 0.325 e. The lowest BCUT2D eigenvalue weighted by atomic mass is 10.6. The average molecular weight is 274 g/mol. The molecule has 0 aliphatic heterocycles. The minimum absolute atomic E-state index is 0.120. The van der Waals surface area contributed by atoms with Crippen LogP contribution in [0.25, 0.3) is 0 Å². The van der Waals surface area contributed by atoms with Crippen LogP contribution in [0.1, 0.15) is 0 Å². The molecule has 2 rings (SSSR count). The lowest BCUT2D eigenvalue weighted by Crippen LogP contribution is -2.10. The van der Waals surface area contributed by atoms with Crippen molar-refractivity contribution in [2.75, 3.05) is 4.72 Å². The van der Waals surface area contributed by atoms with Crippen LogP contribution in [0.4, 0.5) is 10.7 Å². The molecular formula is C7H6N4O4S2. The first kappa shape index (κ1) is 11.5. The Labute approximate surface area is 99.5 Å². The lowest BCUT2D eigenvalue weighted by Gasteiger charge is -2.01. The van der Waals surface area contributed by atoms with Crippen molar-refractivity contribution in [3.05, 3.63) is 34.6 Å². The molecule has 0 amide bonds. The van der Waals surface area contributed by atoms with Crippen LogP contribution in [0.5, 0.6) is 0 Å². The van der Waals surface area contributed by atoms with Crippen LogP contribution in [0.15, 0.2) is 28.7 Å². The number of hydrogen-bond acceptors (Lipinski definition) is 6. The molecule has 2 aromatic heterocycles. The Morgan fingerprint density at radius 3 is 2.76 bits per heavy atom. The van der Waals surface area contributed by atoms with E-state index in [0.29, 0.717) is 11.3 Å². The van der Waals surface area contributed by atoms with Crippen LogP contribution in [-0.4, -0.2) is 23.5 Å². The predicted molar refractivity (Wildman–Crippen MR) is 60.4 cm³/mol. The van der Waals surface area contributed by atoms with Crippen LogP contribution in [0.2, 0.25) is 0 Å². The summed E-state index contributed by atoms with van der Waals surface area (Å²) in [6, 6.07) is 2.33. The third kappa shape index (κ3) is 2.42. The van der Waals surface area contributed by atoms with Crippen molar-refractivity contribution in [1.82, 2.24) is 10.2 Å². The van der Waals surface area contributed by atoms with E-state index in [1.165, 1.54) is 18.5 Å². The van der Waals surface area contributed by atoms with E-state index in [0.717, 1.165) is 6.07 Å². The highest BCUT2D eigenvalue weighted by atomic mass is 32.2. The van der Waals surface area contributed by atoms with Gasteiger partial charge in [-0.2, -0.15) is 5.10 Å². The van der Waals surface area contributed by atoms with Gasteiger partial charge in [0.15, 0.2) is 0 Å². The van der Waals surface area contributed by atoms with Crippen LogP contribution < -0.4 is 4.72 Å². The minimum atomic E-state index is -3.79. The van der Waals surface area contributed by atoms with Gasteiger partial charge in [0.1, 0.15) is 4.21 Å². The first-order valence-electron chi connectivity index (χ1n) is 4.25. The Bertz CT molecular complexity index is 631. The summed E-state index contributed by atoms with van der Waals surface area (Å²) in [5.41, 5.74) is 0.265. The van der Waals surface area contributed by atoms with Gasteiger partial charge in [0.05, 0.1) is 16.8 Å². The number of aromatic amines is 1. The van der Waals surface area contributed by atoms with Gasteiger partial charge < -0.3 is 0 Å². The predicted octanol–water partition coefficient (Wildman–Crippen LogP) is 1.18. The SMILES string of the molecule is O=[N+]([O-])c1ccc(S(=O)(=O)Nc2cn[nH]c2)s1. The summed E-state index contributed by atoms with van der Waals surface area (Å²) in [5.74, 6) is 0. The molecular weight excluding hydrogens is 268 g/mol. The van der Waals surface area contributed by atoms with E-state index in [1.54, 1.807) is 0 Å². The normalized spacial score (nSPS) is 11.3. The third-order valence-electron chi connectivity index (χ3n) is 1.76. The second-order valence-corrected chi connectivity index (χ2v) is 5.91. The molecule has 0 fully saturated rings. The molecule has 0 atom stereocenters. The third-order valence-corrected chi connectivity index (χ3v) is 4.67. The van der Waals surface area contributed by atoms with Crippen molar-refractivity contribution in [3.8, 4) is 0 Å². The molecule has 17 heavy (non-hydrogen) atoms. The monoisotopic (exact) mass is 274 g/mol. The van der Waals surface area contributed by atoms with Crippen LogP contribution >= 0.6 is 11.3 Å². The van der Waals surface area contributed by atoms with Crippen LogP contribution in [0.3, 0.4) is 0 Å². The van der Waals surface area contributed by atoms with Gasteiger partial charge in [-0.25, -0.2) is 8.42 Å². The Balaban J connectivity index is 2.28. The average Bonchev–Trinajstić information content (AvgIpc) is 2.84. The van der Waals surface area contributed by atoms with Gasteiger partial charge in [-0.1, -0.05) is 0 Å². The molecule has 0 saturated carbocycles. The molecule has 2 N–H and O–H groups in total. The zero-order valence-corrected chi connectivity index (χ0v) is 9.79. The van der Waals surface area contributed by atoms with E-state index in [4.69, 9.17) is 0 Å². The molecule has 90 valence electrons. The summed E-state index contributed by atoms with van der Waals surface area (Å²) in [6.45, 7) is 0. The van der Waals surface area contributed by atoms with E-state index in [1.807, 2.05) is 0 Å². The van der Waals surface area contributed by atoms with Gasteiger partial charge in [-0.15, -0.1) is 0 Å². The number of nitrogens with zero attached hydrogens (tertiary/aromatic N) is 2. The molecule has 10 heteroatoms. The highest BCUT2D eigenvalue weighted by molar-refractivity contribution is 7.94. The maximum Gasteiger partial charge on any atom is 0.325 e. The Morgan fingerprint density at radius 2 is 2.24 bits per heavy atom. The number of anilines is 1. The highest BCUT2D eigenvalue weighted by Gasteiger charge is 2.21. The number of aromatic nitrogens is 2. The number of nitro groups is 1. The quantitative estimate of drug-likeness (QED) is 0.641.